The molecule has 0 unspecified atom stereocenters. The van der Waals surface area contributed by atoms with Crippen molar-refractivity contribution in [1.29, 1.82) is 0 Å². The number of amides is 1. The fourth-order valence-corrected chi connectivity index (χ4v) is 1.84. The third-order valence-corrected chi connectivity index (χ3v) is 3.04. The van der Waals surface area contributed by atoms with E-state index in [4.69, 9.17) is 16.6 Å². The number of carbonyl (C=O) groups is 2. The average molecular weight is 318 g/mol. The Hall–Kier alpha value is -2.67. The van der Waals surface area contributed by atoms with E-state index in [2.05, 4.69) is 15.4 Å². The molecule has 0 saturated carbocycles. The van der Waals surface area contributed by atoms with E-state index in [1.165, 1.54) is 31.4 Å². The molecule has 0 bridgehead atoms. The molecular formula is C15H14N2O4S. The van der Waals surface area contributed by atoms with Gasteiger partial charge in [0.25, 0.3) is 5.91 Å². The van der Waals surface area contributed by atoms with Crippen molar-refractivity contribution in [3.05, 3.63) is 59.5 Å². The highest BCUT2D eigenvalue weighted by atomic mass is 32.1. The lowest BCUT2D eigenvalue weighted by molar-refractivity contribution is 0.0600. The summed E-state index contributed by atoms with van der Waals surface area (Å²) >= 11 is 5.03. The maximum atomic E-state index is 12.0. The highest BCUT2D eigenvalue weighted by Crippen LogP contribution is 2.06. The van der Waals surface area contributed by atoms with Gasteiger partial charge in [-0.2, -0.15) is 0 Å². The third-order valence-electron chi connectivity index (χ3n) is 2.80. The molecule has 0 saturated heterocycles. The Bertz CT molecular complexity index is 665. The maximum absolute atomic E-state index is 12.0. The first kappa shape index (κ1) is 15.7. The summed E-state index contributed by atoms with van der Waals surface area (Å²) in [7, 11) is 1.30. The van der Waals surface area contributed by atoms with Crippen LogP contribution in [-0.2, 0) is 11.3 Å². The van der Waals surface area contributed by atoms with Gasteiger partial charge in [-0.1, -0.05) is 0 Å². The van der Waals surface area contributed by atoms with Crippen molar-refractivity contribution in [2.75, 3.05) is 7.11 Å². The Morgan fingerprint density at radius 3 is 2.45 bits per heavy atom. The van der Waals surface area contributed by atoms with E-state index in [0.29, 0.717) is 23.4 Å². The first-order valence-corrected chi connectivity index (χ1v) is 6.81. The zero-order chi connectivity index (χ0) is 15.9. The number of hydrogen-bond acceptors (Lipinski definition) is 5. The van der Waals surface area contributed by atoms with E-state index in [1.807, 2.05) is 0 Å². The molecule has 114 valence electrons. The van der Waals surface area contributed by atoms with Gasteiger partial charge in [0.1, 0.15) is 5.76 Å². The van der Waals surface area contributed by atoms with Gasteiger partial charge >= 0.3 is 5.97 Å². The van der Waals surface area contributed by atoms with Crippen LogP contribution >= 0.6 is 12.2 Å². The zero-order valence-electron chi connectivity index (χ0n) is 11.8. The monoisotopic (exact) mass is 318 g/mol. The molecule has 1 amide bonds. The summed E-state index contributed by atoms with van der Waals surface area (Å²) in [6.07, 6.45) is 1.56. The number of ether oxygens (including phenoxy) is 1. The van der Waals surface area contributed by atoms with Crippen molar-refractivity contribution in [3.63, 3.8) is 0 Å². The van der Waals surface area contributed by atoms with Gasteiger partial charge in [0, 0.05) is 5.56 Å². The summed E-state index contributed by atoms with van der Waals surface area (Å²) < 4.78 is 9.73. The van der Waals surface area contributed by atoms with Gasteiger partial charge in [0.05, 0.1) is 25.5 Å². The number of nitrogens with one attached hydrogen (secondary N) is 2. The summed E-state index contributed by atoms with van der Waals surface area (Å²) in [4.78, 5) is 23.3. The molecule has 2 N–H and O–H groups in total. The second-order valence-corrected chi connectivity index (χ2v) is 4.69. The molecule has 1 aromatic carbocycles. The van der Waals surface area contributed by atoms with Crippen LogP contribution in [0.4, 0.5) is 0 Å². The van der Waals surface area contributed by atoms with E-state index >= 15 is 0 Å². The maximum Gasteiger partial charge on any atom is 0.337 e. The van der Waals surface area contributed by atoms with Crippen LogP contribution in [0.3, 0.4) is 0 Å². The van der Waals surface area contributed by atoms with E-state index in [1.54, 1.807) is 18.4 Å². The van der Waals surface area contributed by atoms with E-state index in [-0.39, 0.29) is 11.0 Å². The van der Waals surface area contributed by atoms with Gasteiger partial charge in [-0.3, -0.25) is 10.1 Å². The molecule has 0 aliphatic carbocycles. The highest BCUT2D eigenvalue weighted by molar-refractivity contribution is 7.80. The summed E-state index contributed by atoms with van der Waals surface area (Å²) in [5.41, 5.74) is 0.757. The van der Waals surface area contributed by atoms with Crippen LogP contribution < -0.4 is 10.6 Å². The lowest BCUT2D eigenvalue weighted by atomic mass is 10.1. The quantitative estimate of drug-likeness (QED) is 0.662. The van der Waals surface area contributed by atoms with Crippen molar-refractivity contribution in [2.24, 2.45) is 0 Å². The predicted octanol–water partition coefficient (Wildman–Crippen LogP) is 1.87. The lowest BCUT2D eigenvalue weighted by Gasteiger charge is -2.08. The summed E-state index contributed by atoms with van der Waals surface area (Å²) in [5, 5.41) is 5.59. The number of esters is 1. The fraction of sp³-hybridized carbons (Fsp3) is 0.133. The molecule has 22 heavy (non-hydrogen) atoms. The Balaban J connectivity index is 1.88. The summed E-state index contributed by atoms with van der Waals surface area (Å²) in [6.45, 7) is 0.382. The van der Waals surface area contributed by atoms with Crippen molar-refractivity contribution in [1.82, 2.24) is 10.6 Å². The molecular weight excluding hydrogens is 304 g/mol. The van der Waals surface area contributed by atoms with Crippen LogP contribution in [0.1, 0.15) is 26.5 Å². The molecule has 0 spiro atoms. The normalized spacial score (nSPS) is 9.86. The molecule has 0 atom stereocenters. The number of benzene rings is 1. The van der Waals surface area contributed by atoms with Crippen LogP contribution in [0.25, 0.3) is 0 Å². The number of carbonyl (C=O) groups excluding carboxylic acids is 2. The molecule has 0 aliphatic heterocycles. The fourth-order valence-electron chi connectivity index (χ4n) is 1.68. The number of hydrogen-bond donors (Lipinski definition) is 2. The Morgan fingerprint density at radius 1 is 1.18 bits per heavy atom. The molecule has 2 rings (SSSR count). The number of furan rings is 1. The van der Waals surface area contributed by atoms with E-state index < -0.39 is 5.97 Å². The first-order valence-electron chi connectivity index (χ1n) is 6.40. The Labute approximate surface area is 132 Å². The SMILES string of the molecule is COC(=O)c1ccc(C(=O)NC(=S)NCc2ccco2)cc1. The van der Waals surface area contributed by atoms with Crippen LogP contribution in [0.2, 0.25) is 0 Å². The molecule has 6 nitrogen and oxygen atoms in total. The summed E-state index contributed by atoms with van der Waals surface area (Å²) in [6, 6.07) is 9.64. The minimum Gasteiger partial charge on any atom is -0.467 e. The van der Waals surface area contributed by atoms with Gasteiger partial charge in [-0.15, -0.1) is 0 Å². The van der Waals surface area contributed by atoms with Crippen LogP contribution in [-0.4, -0.2) is 24.1 Å². The second-order valence-electron chi connectivity index (χ2n) is 4.29. The number of rotatable bonds is 4. The molecule has 0 radical (unpaired) electrons. The predicted molar refractivity (Wildman–Crippen MR) is 83.4 cm³/mol. The smallest absolute Gasteiger partial charge is 0.337 e. The van der Waals surface area contributed by atoms with E-state index in [0.717, 1.165) is 0 Å². The van der Waals surface area contributed by atoms with E-state index in [9.17, 15) is 9.59 Å². The molecule has 2 aromatic rings. The standard InChI is InChI=1S/C15H14N2O4S/c1-20-14(19)11-6-4-10(5-7-11)13(18)17-15(22)16-9-12-3-2-8-21-12/h2-8H,9H2,1H3,(H2,16,17,18,22). The van der Waals surface area contributed by atoms with Gasteiger partial charge in [-0.05, 0) is 48.6 Å². The zero-order valence-corrected chi connectivity index (χ0v) is 12.6. The molecule has 7 heteroatoms. The van der Waals surface area contributed by atoms with Crippen LogP contribution in [0.15, 0.2) is 47.1 Å². The second kappa shape index (κ2) is 7.37. The van der Waals surface area contributed by atoms with Crippen molar-refractivity contribution >= 4 is 29.2 Å². The Kier molecular flexibility index (Phi) is 5.26. The minimum absolute atomic E-state index is 0.193. The minimum atomic E-state index is -0.456. The highest BCUT2D eigenvalue weighted by Gasteiger charge is 2.10. The topological polar surface area (TPSA) is 80.6 Å². The third kappa shape index (κ3) is 4.16. The molecule has 0 aliphatic rings. The largest absolute Gasteiger partial charge is 0.467 e. The molecule has 1 heterocycles. The summed E-state index contributed by atoms with van der Waals surface area (Å²) in [5.74, 6) is -0.116. The number of thiocarbonyl (C=S) groups is 1. The van der Waals surface area contributed by atoms with Gasteiger partial charge in [0.2, 0.25) is 0 Å². The first-order chi connectivity index (χ1) is 10.6. The van der Waals surface area contributed by atoms with Gasteiger partial charge in [-0.25, -0.2) is 4.79 Å². The van der Waals surface area contributed by atoms with Crippen LogP contribution in [0.5, 0.6) is 0 Å². The Morgan fingerprint density at radius 2 is 1.86 bits per heavy atom. The molecule has 1 aromatic heterocycles. The number of methoxy groups -OCH3 is 1. The lowest BCUT2D eigenvalue weighted by Crippen LogP contribution is -2.38. The van der Waals surface area contributed by atoms with Crippen molar-refractivity contribution in [2.45, 2.75) is 6.54 Å². The van der Waals surface area contributed by atoms with Gasteiger partial charge in [0.15, 0.2) is 5.11 Å². The van der Waals surface area contributed by atoms with Gasteiger partial charge < -0.3 is 14.5 Å². The van der Waals surface area contributed by atoms with Crippen molar-refractivity contribution < 1.29 is 18.7 Å². The van der Waals surface area contributed by atoms with Crippen LogP contribution in [0, 0.1) is 0 Å². The molecule has 0 fully saturated rings. The average Bonchev–Trinajstić information content (AvgIpc) is 3.05. The van der Waals surface area contributed by atoms with Crippen molar-refractivity contribution in [3.8, 4) is 0 Å².